The molecular weight excluding hydrogens is 1140 g/mol. The predicted octanol–water partition coefficient (Wildman–Crippen LogP) is 28.6. The zero-order valence-electron chi connectivity index (χ0n) is 63.3. The number of amides is 1. The number of ether oxygens (including phenoxy) is 1. The van der Waals surface area contributed by atoms with Crippen molar-refractivity contribution in [2.75, 3.05) is 13.2 Å². The molecule has 550 valence electrons. The van der Waals surface area contributed by atoms with Gasteiger partial charge in [-0.15, -0.1) is 0 Å². The lowest BCUT2D eigenvalue weighted by atomic mass is 10.0. The fourth-order valence-electron chi connectivity index (χ4n) is 13.6. The molecule has 6 nitrogen and oxygen atoms in total. The molecule has 6 heteroatoms. The Kier molecular flexibility index (Phi) is 80.8. The molecule has 0 saturated heterocycles. The van der Waals surface area contributed by atoms with Crippen molar-refractivity contribution < 1.29 is 24.5 Å². The summed E-state index contributed by atoms with van der Waals surface area (Å²) >= 11 is 0. The van der Waals surface area contributed by atoms with E-state index in [4.69, 9.17) is 4.74 Å². The predicted molar refractivity (Wildman–Crippen MR) is 412 cm³/mol. The number of allylic oxidation sites excluding steroid dienone is 5. The van der Waals surface area contributed by atoms with E-state index in [0.29, 0.717) is 19.4 Å². The highest BCUT2D eigenvalue weighted by Gasteiger charge is 2.18. The molecule has 2 unspecified atom stereocenters. The van der Waals surface area contributed by atoms with Gasteiger partial charge < -0.3 is 20.3 Å². The molecule has 0 heterocycles. The number of hydrogen-bond donors (Lipinski definition) is 3. The summed E-state index contributed by atoms with van der Waals surface area (Å²) in [4.78, 5) is 24.7. The Hall–Kier alpha value is -1.92. The van der Waals surface area contributed by atoms with Crippen LogP contribution in [0.25, 0.3) is 0 Å². The van der Waals surface area contributed by atoms with Gasteiger partial charge in [0, 0.05) is 12.8 Å². The Morgan fingerprint density at radius 3 is 0.763 bits per heavy atom. The first-order valence-electron chi connectivity index (χ1n) is 42.8. The summed E-state index contributed by atoms with van der Waals surface area (Å²) in [5.41, 5.74) is 0. The summed E-state index contributed by atoms with van der Waals surface area (Å²) in [5, 5.41) is 23.3. The van der Waals surface area contributed by atoms with Crippen molar-refractivity contribution >= 4 is 11.9 Å². The molecule has 0 spiro atoms. The number of carbonyl (C=O) groups is 2. The van der Waals surface area contributed by atoms with Crippen molar-refractivity contribution in [3.63, 3.8) is 0 Å². The summed E-state index contributed by atoms with van der Waals surface area (Å²) in [7, 11) is 0. The van der Waals surface area contributed by atoms with Gasteiger partial charge in [-0.3, -0.25) is 9.59 Å². The Morgan fingerprint density at radius 1 is 0.290 bits per heavy atom. The van der Waals surface area contributed by atoms with Gasteiger partial charge in [-0.05, 0) is 83.5 Å². The monoisotopic (exact) mass is 1310 g/mol. The summed E-state index contributed by atoms with van der Waals surface area (Å²) in [6, 6.07) is -0.626. The molecule has 0 aromatic rings. The number of unbranched alkanes of at least 4 members (excludes halogenated alkanes) is 66. The average molecular weight is 1310 g/mol. The van der Waals surface area contributed by atoms with Crippen LogP contribution in [0.15, 0.2) is 36.5 Å². The molecule has 3 N–H and O–H groups in total. The van der Waals surface area contributed by atoms with E-state index in [9.17, 15) is 19.8 Å². The number of aliphatic hydroxyl groups excluding tert-OH is 2. The van der Waals surface area contributed by atoms with Gasteiger partial charge in [0.2, 0.25) is 5.91 Å². The van der Waals surface area contributed by atoms with Crippen LogP contribution in [0.3, 0.4) is 0 Å². The first kappa shape index (κ1) is 91.1. The molecule has 0 aromatic heterocycles. The fraction of sp³-hybridized carbons (Fsp3) is 0.908. The second-order valence-electron chi connectivity index (χ2n) is 29.5. The Labute approximate surface area is 583 Å². The topological polar surface area (TPSA) is 95.9 Å². The standard InChI is InChI=1S/C87H167NO5/c1-3-5-7-9-11-13-15-17-19-21-22-44-48-51-55-59-63-67-71-75-79-85(90)84(83-89)88-86(91)80-76-72-68-64-60-56-52-49-45-42-40-38-36-34-32-30-28-26-24-23-25-27-29-31-33-35-37-39-41-43-46-50-54-58-62-66-70-74-78-82-93-87(92)81-77-73-69-65-61-57-53-47-20-18-16-14-12-10-8-6-4-2/h18,20,23-24,75,79,84-85,89-90H,3-17,19,21-22,25-74,76-78,80-83H2,1-2H3,(H,88,91)/b20-18-,24-23-,79-75+. The van der Waals surface area contributed by atoms with Crippen LogP contribution in [0, 0.1) is 0 Å². The third kappa shape index (κ3) is 79.0. The van der Waals surface area contributed by atoms with E-state index < -0.39 is 12.1 Å². The van der Waals surface area contributed by atoms with E-state index in [2.05, 4.69) is 43.5 Å². The minimum atomic E-state index is -0.842. The molecule has 0 bridgehead atoms. The molecule has 0 aromatic carbocycles. The molecule has 0 radical (unpaired) electrons. The van der Waals surface area contributed by atoms with E-state index >= 15 is 0 Å². The lowest BCUT2D eigenvalue weighted by Gasteiger charge is -2.20. The maximum absolute atomic E-state index is 12.5. The highest BCUT2D eigenvalue weighted by Crippen LogP contribution is 2.20. The molecule has 93 heavy (non-hydrogen) atoms. The smallest absolute Gasteiger partial charge is 0.305 e. The number of hydrogen-bond acceptors (Lipinski definition) is 5. The Morgan fingerprint density at radius 2 is 0.505 bits per heavy atom. The van der Waals surface area contributed by atoms with Gasteiger partial charge in [0.05, 0.1) is 25.4 Å². The third-order valence-corrected chi connectivity index (χ3v) is 20.1. The molecule has 2 atom stereocenters. The molecule has 0 saturated carbocycles. The second kappa shape index (κ2) is 82.5. The van der Waals surface area contributed by atoms with Gasteiger partial charge >= 0.3 is 5.97 Å². The first-order valence-corrected chi connectivity index (χ1v) is 42.8. The number of esters is 1. The molecule has 0 rings (SSSR count). The van der Waals surface area contributed by atoms with Crippen LogP contribution in [0.5, 0.6) is 0 Å². The van der Waals surface area contributed by atoms with Gasteiger partial charge in [0.15, 0.2) is 0 Å². The van der Waals surface area contributed by atoms with Crippen molar-refractivity contribution in [2.24, 2.45) is 0 Å². The summed E-state index contributed by atoms with van der Waals surface area (Å²) in [5.74, 6) is -0.0391. The molecule has 0 aliphatic rings. The van der Waals surface area contributed by atoms with Gasteiger partial charge in [0.1, 0.15) is 0 Å². The largest absolute Gasteiger partial charge is 0.466 e. The van der Waals surface area contributed by atoms with Gasteiger partial charge in [0.25, 0.3) is 0 Å². The van der Waals surface area contributed by atoms with Gasteiger partial charge in [-0.1, -0.05) is 423 Å². The fourth-order valence-corrected chi connectivity index (χ4v) is 13.6. The highest BCUT2D eigenvalue weighted by atomic mass is 16.5. The maximum Gasteiger partial charge on any atom is 0.305 e. The van der Waals surface area contributed by atoms with Crippen LogP contribution in [0.4, 0.5) is 0 Å². The van der Waals surface area contributed by atoms with Crippen LogP contribution >= 0.6 is 0 Å². The van der Waals surface area contributed by atoms with Gasteiger partial charge in [-0.2, -0.15) is 0 Å². The minimum Gasteiger partial charge on any atom is -0.466 e. The summed E-state index contributed by atoms with van der Waals surface area (Å²) in [6.07, 6.45) is 109. The summed E-state index contributed by atoms with van der Waals surface area (Å²) in [6.45, 7) is 4.95. The number of nitrogens with one attached hydrogen (secondary N) is 1. The lowest BCUT2D eigenvalue weighted by Crippen LogP contribution is -2.45. The van der Waals surface area contributed by atoms with E-state index in [1.165, 1.54) is 417 Å². The van der Waals surface area contributed by atoms with Crippen molar-refractivity contribution in [1.29, 1.82) is 0 Å². The molecule has 1 amide bonds. The van der Waals surface area contributed by atoms with E-state index in [1.54, 1.807) is 6.08 Å². The van der Waals surface area contributed by atoms with Crippen LogP contribution in [-0.2, 0) is 14.3 Å². The van der Waals surface area contributed by atoms with E-state index in [1.807, 2.05) is 6.08 Å². The zero-order chi connectivity index (χ0) is 67.0. The maximum atomic E-state index is 12.5. The zero-order valence-corrected chi connectivity index (χ0v) is 63.3. The molecule has 0 aliphatic heterocycles. The summed E-state index contributed by atoms with van der Waals surface area (Å²) < 4.78 is 5.51. The third-order valence-electron chi connectivity index (χ3n) is 20.1. The molecule has 0 aliphatic carbocycles. The highest BCUT2D eigenvalue weighted by molar-refractivity contribution is 5.76. The SMILES string of the molecule is CCCCCCCC/C=C\CCCCCCCCCC(=O)OCCCCCCCCCCCCCCCCCCCC/C=C\CCCCCCCCCCCCCCCCCCCC(=O)NC(CO)C(O)/C=C/CCCCCCCCCCCCCCCCCCCC. The van der Waals surface area contributed by atoms with E-state index in [0.717, 1.165) is 38.5 Å². The Bertz CT molecular complexity index is 1510. The number of carbonyl (C=O) groups excluding carboxylic acids is 2. The van der Waals surface area contributed by atoms with Crippen molar-refractivity contribution in [2.45, 2.75) is 495 Å². The minimum absolute atomic E-state index is 0.0198. The normalized spacial score (nSPS) is 12.6. The van der Waals surface area contributed by atoms with E-state index in [-0.39, 0.29) is 18.5 Å². The lowest BCUT2D eigenvalue weighted by molar-refractivity contribution is -0.143. The van der Waals surface area contributed by atoms with Crippen LogP contribution in [-0.4, -0.2) is 47.4 Å². The number of rotatable bonds is 81. The van der Waals surface area contributed by atoms with Crippen LogP contribution in [0.2, 0.25) is 0 Å². The van der Waals surface area contributed by atoms with Crippen molar-refractivity contribution in [3.8, 4) is 0 Å². The van der Waals surface area contributed by atoms with Crippen molar-refractivity contribution in [3.05, 3.63) is 36.5 Å². The van der Waals surface area contributed by atoms with Crippen molar-refractivity contribution in [1.82, 2.24) is 5.32 Å². The number of aliphatic hydroxyl groups is 2. The second-order valence-corrected chi connectivity index (χ2v) is 29.5. The van der Waals surface area contributed by atoms with Gasteiger partial charge in [-0.25, -0.2) is 0 Å². The molecular formula is C87H167NO5. The quantitative estimate of drug-likeness (QED) is 0.0320. The van der Waals surface area contributed by atoms with Crippen LogP contribution < -0.4 is 5.32 Å². The van der Waals surface area contributed by atoms with Crippen LogP contribution in [0.1, 0.15) is 483 Å². The average Bonchev–Trinajstić information content (AvgIpc) is 3.78. The Balaban J connectivity index is 3.34. The first-order chi connectivity index (χ1) is 46.0. The molecule has 0 fully saturated rings.